The van der Waals surface area contributed by atoms with Crippen LogP contribution in [-0.2, 0) is 4.79 Å². The number of benzene rings is 2. The Kier molecular flexibility index (Phi) is 6.35. The zero-order valence-corrected chi connectivity index (χ0v) is 18.8. The molecule has 2 aliphatic rings. The van der Waals surface area contributed by atoms with Crippen molar-refractivity contribution in [2.75, 3.05) is 34.4 Å². The van der Waals surface area contributed by atoms with E-state index in [2.05, 4.69) is 0 Å². The molecule has 1 saturated heterocycles. The second-order valence-corrected chi connectivity index (χ2v) is 8.39. The fourth-order valence-electron chi connectivity index (χ4n) is 4.91. The van der Waals surface area contributed by atoms with Crippen LogP contribution in [0.15, 0.2) is 36.4 Å². The first kappa shape index (κ1) is 22.1. The second-order valence-electron chi connectivity index (χ2n) is 8.39. The number of rotatable bonds is 4. The Labute approximate surface area is 187 Å². The lowest BCUT2D eigenvalue weighted by atomic mass is 9.78. The van der Waals surface area contributed by atoms with Crippen molar-refractivity contribution in [1.82, 2.24) is 9.80 Å². The first-order chi connectivity index (χ1) is 15.5. The van der Waals surface area contributed by atoms with Crippen molar-refractivity contribution < 1.29 is 23.5 Å². The van der Waals surface area contributed by atoms with Crippen LogP contribution in [0.1, 0.15) is 59.1 Å². The smallest absolute Gasteiger partial charge is 0.254 e. The van der Waals surface area contributed by atoms with Crippen molar-refractivity contribution in [2.24, 2.45) is 0 Å². The molecule has 170 valence electrons. The van der Waals surface area contributed by atoms with Gasteiger partial charge in [-0.25, -0.2) is 4.39 Å². The van der Waals surface area contributed by atoms with Gasteiger partial charge in [-0.2, -0.15) is 0 Å². The van der Waals surface area contributed by atoms with Gasteiger partial charge in [0.25, 0.3) is 5.91 Å². The van der Waals surface area contributed by atoms with Crippen LogP contribution in [0.2, 0.25) is 0 Å². The maximum absolute atomic E-state index is 15.0. The van der Waals surface area contributed by atoms with Gasteiger partial charge in [-0.15, -0.1) is 0 Å². The molecule has 7 heteroatoms. The molecule has 6 nitrogen and oxygen atoms in total. The van der Waals surface area contributed by atoms with Crippen LogP contribution >= 0.6 is 0 Å². The van der Waals surface area contributed by atoms with Gasteiger partial charge in [-0.05, 0) is 36.6 Å². The molecule has 1 fully saturated rings. The molecule has 4 rings (SSSR count). The van der Waals surface area contributed by atoms with Crippen LogP contribution in [-0.4, -0.2) is 56.0 Å². The largest absolute Gasteiger partial charge is 0.493 e. The highest BCUT2D eigenvalue weighted by Crippen LogP contribution is 2.46. The van der Waals surface area contributed by atoms with Crippen molar-refractivity contribution in [3.63, 3.8) is 0 Å². The highest BCUT2D eigenvalue weighted by molar-refractivity contribution is 6.02. The second kappa shape index (κ2) is 9.18. The van der Waals surface area contributed by atoms with Crippen LogP contribution in [0.3, 0.4) is 0 Å². The Morgan fingerprint density at radius 1 is 0.969 bits per heavy atom. The Morgan fingerprint density at radius 3 is 2.22 bits per heavy atom. The third-order valence-corrected chi connectivity index (χ3v) is 6.58. The minimum atomic E-state index is -0.759. The normalized spacial score (nSPS) is 21.1. The molecule has 0 bridgehead atoms. The molecule has 0 spiro atoms. The van der Waals surface area contributed by atoms with E-state index in [0.717, 1.165) is 25.7 Å². The first-order valence-electron chi connectivity index (χ1n) is 11.0. The summed E-state index contributed by atoms with van der Waals surface area (Å²) >= 11 is 0. The third kappa shape index (κ3) is 3.80. The molecule has 2 aromatic rings. The van der Waals surface area contributed by atoms with Gasteiger partial charge in [0.15, 0.2) is 11.5 Å². The van der Waals surface area contributed by atoms with E-state index < -0.39 is 17.8 Å². The maximum Gasteiger partial charge on any atom is 0.254 e. The summed E-state index contributed by atoms with van der Waals surface area (Å²) in [6.45, 7) is 1.33. The number of likely N-dealkylation sites (N-methyl/N-ethyl adjacent to an activating group) is 1. The van der Waals surface area contributed by atoms with Gasteiger partial charge in [0.2, 0.25) is 5.91 Å². The lowest BCUT2D eigenvalue weighted by molar-refractivity contribution is -0.134. The van der Waals surface area contributed by atoms with Crippen LogP contribution in [0.25, 0.3) is 0 Å². The molecular formula is C25H29FN2O4. The molecular weight excluding hydrogens is 411 g/mol. The molecule has 0 saturated carbocycles. The van der Waals surface area contributed by atoms with Crippen molar-refractivity contribution in [1.29, 1.82) is 0 Å². The number of amides is 2. The lowest BCUT2D eigenvalue weighted by Gasteiger charge is -2.41. The highest BCUT2D eigenvalue weighted by Gasteiger charge is 2.45. The average molecular weight is 441 g/mol. The molecule has 2 heterocycles. The van der Waals surface area contributed by atoms with Crippen LogP contribution < -0.4 is 9.47 Å². The van der Waals surface area contributed by atoms with Gasteiger partial charge in [0, 0.05) is 31.3 Å². The molecule has 32 heavy (non-hydrogen) atoms. The fourth-order valence-corrected chi connectivity index (χ4v) is 4.91. The number of hydrogen-bond acceptors (Lipinski definition) is 4. The summed E-state index contributed by atoms with van der Waals surface area (Å²) in [6, 6.07) is 8.92. The van der Waals surface area contributed by atoms with Gasteiger partial charge >= 0.3 is 0 Å². The molecule has 0 N–H and O–H groups in total. The Hall–Kier alpha value is -3.09. The minimum absolute atomic E-state index is 0.0898. The van der Waals surface area contributed by atoms with Crippen LogP contribution in [0.4, 0.5) is 4.39 Å². The summed E-state index contributed by atoms with van der Waals surface area (Å²) in [5, 5.41) is 0. The summed E-state index contributed by atoms with van der Waals surface area (Å²) in [7, 11) is 4.64. The predicted molar refractivity (Wildman–Crippen MR) is 119 cm³/mol. The lowest BCUT2D eigenvalue weighted by Crippen LogP contribution is -2.47. The highest BCUT2D eigenvalue weighted by atomic mass is 19.1. The van der Waals surface area contributed by atoms with E-state index in [9.17, 15) is 14.0 Å². The van der Waals surface area contributed by atoms with Gasteiger partial charge in [-0.3, -0.25) is 9.59 Å². The number of likely N-dealkylation sites (tertiary alicyclic amines) is 1. The third-order valence-electron chi connectivity index (χ3n) is 6.58. The van der Waals surface area contributed by atoms with Gasteiger partial charge in [0.05, 0.1) is 26.2 Å². The molecule has 2 aromatic carbocycles. The average Bonchev–Trinajstić information content (AvgIpc) is 3.10. The van der Waals surface area contributed by atoms with Gasteiger partial charge < -0.3 is 19.3 Å². The summed E-state index contributed by atoms with van der Waals surface area (Å²) in [5.41, 5.74) is 1.26. The number of carbonyl (C=O) groups excluding carboxylic acids is 2. The fraction of sp³-hybridized carbons (Fsp3) is 0.440. The standard InChI is InChI=1S/C25H29FN2O4/c1-27-23(16-10-6-7-11-19(16)26)22(25(30)28-12-8-4-5-9-13-28)17-14-20(31-2)21(32-3)15-18(17)24(27)29/h6-7,10-11,14-15,22-23H,4-5,8-9,12-13H2,1-3H3/t22-,23+/m0/s1. The van der Waals surface area contributed by atoms with Crippen molar-refractivity contribution in [3.05, 3.63) is 58.9 Å². The number of hydrogen-bond donors (Lipinski definition) is 0. The molecule has 2 amide bonds. The van der Waals surface area contributed by atoms with Gasteiger partial charge in [-0.1, -0.05) is 31.0 Å². The van der Waals surface area contributed by atoms with Crippen LogP contribution in [0.5, 0.6) is 11.5 Å². The SMILES string of the molecule is COc1cc2c(cc1OC)[C@H](C(=O)N1CCCCCC1)[C@@H](c1ccccc1F)N(C)C2=O. The maximum atomic E-state index is 15.0. The van der Waals surface area contributed by atoms with E-state index in [-0.39, 0.29) is 11.8 Å². The van der Waals surface area contributed by atoms with E-state index in [4.69, 9.17) is 9.47 Å². The Balaban J connectivity index is 1.91. The van der Waals surface area contributed by atoms with E-state index >= 15 is 0 Å². The zero-order chi connectivity index (χ0) is 22.8. The summed E-state index contributed by atoms with van der Waals surface area (Å²) < 4.78 is 25.8. The van der Waals surface area contributed by atoms with Crippen molar-refractivity contribution in [2.45, 2.75) is 37.6 Å². The summed E-state index contributed by atoms with van der Waals surface area (Å²) in [6.07, 6.45) is 4.06. The van der Waals surface area contributed by atoms with E-state index in [1.807, 2.05) is 4.90 Å². The predicted octanol–water partition coefficient (Wildman–Crippen LogP) is 4.16. The molecule has 0 unspecified atom stereocenters. The summed E-state index contributed by atoms with van der Waals surface area (Å²) in [4.78, 5) is 30.7. The number of fused-ring (bicyclic) bond motifs is 1. The number of halogens is 1. The number of carbonyl (C=O) groups is 2. The van der Waals surface area contributed by atoms with E-state index in [1.54, 1.807) is 37.4 Å². The molecule has 0 aliphatic carbocycles. The molecule has 0 aromatic heterocycles. The quantitative estimate of drug-likeness (QED) is 0.717. The molecule has 0 radical (unpaired) electrons. The van der Waals surface area contributed by atoms with E-state index in [0.29, 0.717) is 41.3 Å². The Morgan fingerprint density at radius 2 is 1.59 bits per heavy atom. The summed E-state index contributed by atoms with van der Waals surface area (Å²) in [5.74, 6) is -0.706. The van der Waals surface area contributed by atoms with Crippen molar-refractivity contribution >= 4 is 11.8 Å². The number of ether oxygens (including phenoxy) is 2. The van der Waals surface area contributed by atoms with E-state index in [1.165, 1.54) is 25.2 Å². The molecule has 2 aliphatic heterocycles. The number of methoxy groups -OCH3 is 2. The molecule has 2 atom stereocenters. The topological polar surface area (TPSA) is 59.1 Å². The first-order valence-corrected chi connectivity index (χ1v) is 11.0. The zero-order valence-electron chi connectivity index (χ0n) is 18.8. The number of nitrogens with zero attached hydrogens (tertiary/aromatic N) is 2. The van der Waals surface area contributed by atoms with Gasteiger partial charge in [0.1, 0.15) is 5.82 Å². The van der Waals surface area contributed by atoms with Crippen molar-refractivity contribution in [3.8, 4) is 11.5 Å². The van der Waals surface area contributed by atoms with Crippen LogP contribution in [0, 0.1) is 5.82 Å². The minimum Gasteiger partial charge on any atom is -0.493 e. The Bertz CT molecular complexity index is 1020. The monoisotopic (exact) mass is 440 g/mol.